The zero-order valence-corrected chi connectivity index (χ0v) is 14.0. The maximum atomic E-state index is 6.14. The van der Waals surface area contributed by atoms with Crippen molar-refractivity contribution in [3.8, 4) is 5.75 Å². The summed E-state index contributed by atoms with van der Waals surface area (Å²) < 4.78 is 11.8. The average Bonchev–Trinajstić information content (AvgIpc) is 2.87. The van der Waals surface area contributed by atoms with E-state index in [-0.39, 0.29) is 12.1 Å². The lowest BCUT2D eigenvalue weighted by atomic mass is 9.92. The summed E-state index contributed by atoms with van der Waals surface area (Å²) >= 11 is 0. The molecule has 1 fully saturated rings. The molecule has 0 aliphatic carbocycles. The molecule has 0 bridgehead atoms. The third kappa shape index (κ3) is 3.78. The number of aryl methyl sites for hydroxylation is 2. The van der Waals surface area contributed by atoms with Gasteiger partial charge in [0.2, 0.25) is 0 Å². The van der Waals surface area contributed by atoms with Crippen molar-refractivity contribution >= 4 is 0 Å². The Kier molecular flexibility index (Phi) is 5.65. The van der Waals surface area contributed by atoms with Crippen molar-refractivity contribution in [2.24, 2.45) is 0 Å². The lowest BCUT2D eigenvalue weighted by molar-refractivity contribution is 0.0309. The van der Waals surface area contributed by atoms with Gasteiger partial charge < -0.3 is 14.8 Å². The van der Waals surface area contributed by atoms with Crippen LogP contribution in [0.3, 0.4) is 0 Å². The predicted octanol–water partition coefficient (Wildman–Crippen LogP) is 3.92. The van der Waals surface area contributed by atoms with Gasteiger partial charge in [-0.15, -0.1) is 0 Å². The van der Waals surface area contributed by atoms with Crippen LogP contribution in [0, 0.1) is 13.8 Å². The van der Waals surface area contributed by atoms with E-state index >= 15 is 0 Å². The van der Waals surface area contributed by atoms with E-state index in [1.165, 1.54) is 16.7 Å². The number of nitrogens with one attached hydrogen (secondary N) is 1. The summed E-state index contributed by atoms with van der Waals surface area (Å²) in [5, 5.41) is 3.68. The highest BCUT2D eigenvalue weighted by atomic mass is 16.5. The second-order valence-electron chi connectivity index (χ2n) is 6.19. The molecule has 1 aliphatic rings. The molecule has 2 rings (SSSR count). The third-order valence-electron chi connectivity index (χ3n) is 4.28. The molecule has 0 amide bonds. The van der Waals surface area contributed by atoms with Crippen molar-refractivity contribution in [3.05, 3.63) is 28.8 Å². The van der Waals surface area contributed by atoms with Crippen molar-refractivity contribution in [3.63, 3.8) is 0 Å². The summed E-state index contributed by atoms with van der Waals surface area (Å²) in [7, 11) is 1.76. The number of benzene rings is 1. The van der Waals surface area contributed by atoms with E-state index in [0.29, 0.717) is 6.10 Å². The van der Waals surface area contributed by atoms with Gasteiger partial charge in [-0.25, -0.2) is 0 Å². The minimum atomic E-state index is 0.213. The molecule has 21 heavy (non-hydrogen) atoms. The predicted molar refractivity (Wildman–Crippen MR) is 87.1 cm³/mol. The quantitative estimate of drug-likeness (QED) is 0.861. The monoisotopic (exact) mass is 291 g/mol. The van der Waals surface area contributed by atoms with Gasteiger partial charge in [0.25, 0.3) is 0 Å². The first-order valence-electron chi connectivity index (χ1n) is 8.10. The van der Waals surface area contributed by atoms with Gasteiger partial charge in [-0.05, 0) is 63.8 Å². The highest BCUT2D eigenvalue weighted by Gasteiger charge is 2.32. The van der Waals surface area contributed by atoms with E-state index in [4.69, 9.17) is 9.47 Å². The summed E-state index contributed by atoms with van der Waals surface area (Å²) in [5.41, 5.74) is 3.78. The highest BCUT2D eigenvalue weighted by molar-refractivity contribution is 5.45. The Balaban J connectivity index is 2.36. The van der Waals surface area contributed by atoms with E-state index in [2.05, 4.69) is 45.1 Å². The van der Waals surface area contributed by atoms with E-state index in [0.717, 1.165) is 31.6 Å². The third-order valence-corrected chi connectivity index (χ3v) is 4.28. The summed E-state index contributed by atoms with van der Waals surface area (Å²) in [6.45, 7) is 9.64. The molecule has 1 heterocycles. The van der Waals surface area contributed by atoms with Crippen LogP contribution < -0.4 is 10.1 Å². The molecule has 3 nitrogen and oxygen atoms in total. The van der Waals surface area contributed by atoms with Gasteiger partial charge in [0.05, 0.1) is 25.4 Å². The SMILES string of the molecule is CCCNC(c1c(C)cc(C)cc1OC)C1CCC(C)O1. The Labute approximate surface area is 129 Å². The fraction of sp³-hybridized carbons (Fsp3) is 0.667. The molecule has 118 valence electrons. The fourth-order valence-electron chi connectivity index (χ4n) is 3.31. The van der Waals surface area contributed by atoms with Crippen molar-refractivity contribution in [1.82, 2.24) is 5.32 Å². The maximum absolute atomic E-state index is 6.14. The van der Waals surface area contributed by atoms with Gasteiger partial charge >= 0.3 is 0 Å². The topological polar surface area (TPSA) is 30.5 Å². The van der Waals surface area contributed by atoms with Crippen LogP contribution in [0.1, 0.15) is 55.8 Å². The molecule has 0 spiro atoms. The Morgan fingerprint density at radius 2 is 2.10 bits per heavy atom. The van der Waals surface area contributed by atoms with Gasteiger partial charge in [-0.1, -0.05) is 13.0 Å². The second-order valence-corrected chi connectivity index (χ2v) is 6.19. The van der Waals surface area contributed by atoms with Crippen LogP contribution in [-0.4, -0.2) is 25.9 Å². The molecule has 0 radical (unpaired) electrons. The molecular formula is C18H29NO2. The van der Waals surface area contributed by atoms with Crippen LogP contribution >= 0.6 is 0 Å². The average molecular weight is 291 g/mol. The van der Waals surface area contributed by atoms with Gasteiger partial charge in [-0.2, -0.15) is 0 Å². The first kappa shape index (κ1) is 16.3. The van der Waals surface area contributed by atoms with Crippen LogP contribution in [0.4, 0.5) is 0 Å². The van der Waals surface area contributed by atoms with Crippen molar-refractivity contribution in [2.45, 2.75) is 65.2 Å². The zero-order chi connectivity index (χ0) is 15.4. The first-order chi connectivity index (χ1) is 10.1. The Morgan fingerprint density at radius 3 is 2.67 bits per heavy atom. The van der Waals surface area contributed by atoms with Crippen molar-refractivity contribution < 1.29 is 9.47 Å². The van der Waals surface area contributed by atoms with Gasteiger partial charge in [0, 0.05) is 5.56 Å². The second kappa shape index (κ2) is 7.28. The standard InChI is InChI=1S/C18H29NO2/c1-6-9-19-18(15-8-7-14(4)21-15)17-13(3)10-12(2)11-16(17)20-5/h10-11,14-15,18-19H,6-9H2,1-5H3. The number of hydrogen-bond donors (Lipinski definition) is 1. The van der Waals surface area contributed by atoms with Crippen molar-refractivity contribution in [1.29, 1.82) is 0 Å². The normalized spacial score (nSPS) is 23.3. The molecule has 1 aliphatic heterocycles. The summed E-state index contributed by atoms with van der Waals surface area (Å²) in [6.07, 6.45) is 3.97. The Hall–Kier alpha value is -1.06. The molecule has 3 unspecified atom stereocenters. The molecule has 1 aromatic rings. The lowest BCUT2D eigenvalue weighted by Gasteiger charge is -2.28. The molecule has 0 saturated carbocycles. The smallest absolute Gasteiger partial charge is 0.124 e. The molecule has 3 heteroatoms. The molecule has 3 atom stereocenters. The Morgan fingerprint density at radius 1 is 1.33 bits per heavy atom. The van der Waals surface area contributed by atoms with Crippen molar-refractivity contribution in [2.75, 3.05) is 13.7 Å². The number of rotatable bonds is 6. The zero-order valence-electron chi connectivity index (χ0n) is 14.0. The van der Waals surface area contributed by atoms with Crippen LogP contribution in [-0.2, 0) is 4.74 Å². The summed E-state index contributed by atoms with van der Waals surface area (Å²) in [6, 6.07) is 4.57. The van der Waals surface area contributed by atoms with Crippen LogP contribution in [0.2, 0.25) is 0 Å². The van der Waals surface area contributed by atoms with E-state index in [1.807, 2.05) is 0 Å². The largest absolute Gasteiger partial charge is 0.496 e. The number of hydrogen-bond acceptors (Lipinski definition) is 3. The maximum Gasteiger partial charge on any atom is 0.124 e. The van der Waals surface area contributed by atoms with E-state index in [1.54, 1.807) is 7.11 Å². The summed E-state index contributed by atoms with van der Waals surface area (Å²) in [5.74, 6) is 0.976. The van der Waals surface area contributed by atoms with E-state index in [9.17, 15) is 0 Å². The Bertz CT molecular complexity index is 473. The molecular weight excluding hydrogens is 262 g/mol. The fourth-order valence-corrected chi connectivity index (χ4v) is 3.31. The lowest BCUT2D eigenvalue weighted by Crippen LogP contribution is -2.33. The summed E-state index contributed by atoms with van der Waals surface area (Å²) in [4.78, 5) is 0. The van der Waals surface area contributed by atoms with Crippen LogP contribution in [0.5, 0.6) is 5.75 Å². The first-order valence-corrected chi connectivity index (χ1v) is 8.10. The molecule has 1 N–H and O–H groups in total. The van der Waals surface area contributed by atoms with E-state index < -0.39 is 0 Å². The van der Waals surface area contributed by atoms with Gasteiger partial charge in [0.1, 0.15) is 5.75 Å². The molecule has 1 aromatic carbocycles. The minimum absolute atomic E-state index is 0.213. The highest BCUT2D eigenvalue weighted by Crippen LogP contribution is 2.37. The number of ether oxygens (including phenoxy) is 2. The van der Waals surface area contributed by atoms with Crippen LogP contribution in [0.25, 0.3) is 0 Å². The number of methoxy groups -OCH3 is 1. The molecule has 0 aromatic heterocycles. The van der Waals surface area contributed by atoms with Gasteiger partial charge in [-0.3, -0.25) is 0 Å². The van der Waals surface area contributed by atoms with Crippen LogP contribution in [0.15, 0.2) is 12.1 Å². The molecule has 1 saturated heterocycles. The van der Waals surface area contributed by atoms with Gasteiger partial charge in [0.15, 0.2) is 0 Å². The minimum Gasteiger partial charge on any atom is -0.496 e.